The van der Waals surface area contributed by atoms with Gasteiger partial charge in [0.05, 0.1) is 12.1 Å². The van der Waals surface area contributed by atoms with E-state index in [-0.39, 0.29) is 19.7 Å². The molecule has 1 heterocycles. The minimum Gasteiger partial charge on any atom is -0.465 e. The molecule has 0 atom stereocenters. The molecule has 0 fully saturated rings. The van der Waals surface area contributed by atoms with E-state index >= 15 is 0 Å². The number of oxazole rings is 1. The van der Waals surface area contributed by atoms with Gasteiger partial charge in [0.15, 0.2) is 5.58 Å². The lowest BCUT2D eigenvalue weighted by molar-refractivity contribution is -0.143. The minimum absolute atomic E-state index is 0.213. The van der Waals surface area contributed by atoms with Crippen LogP contribution in [-0.4, -0.2) is 29.6 Å². The van der Waals surface area contributed by atoms with Crippen molar-refractivity contribution in [1.82, 2.24) is 9.88 Å². The van der Waals surface area contributed by atoms with Crippen molar-refractivity contribution in [2.24, 2.45) is 0 Å². The molecule has 2 rings (SSSR count). The lowest BCUT2D eigenvalue weighted by Gasteiger charge is -2.05. The lowest BCUT2D eigenvalue weighted by atomic mass is 10.3. The Morgan fingerprint density at radius 1 is 1.35 bits per heavy atom. The van der Waals surface area contributed by atoms with E-state index in [1.807, 2.05) is 0 Å². The zero-order valence-electron chi connectivity index (χ0n) is 10.9. The highest BCUT2D eigenvalue weighted by Gasteiger charge is 2.13. The van der Waals surface area contributed by atoms with Gasteiger partial charge in [0.2, 0.25) is 5.91 Å². The number of amides is 1. The molecule has 1 aromatic carbocycles. The Morgan fingerprint density at radius 2 is 2.10 bits per heavy atom. The van der Waals surface area contributed by atoms with Crippen LogP contribution in [0.5, 0.6) is 0 Å². The second-order valence-corrected chi connectivity index (χ2v) is 4.00. The van der Waals surface area contributed by atoms with Gasteiger partial charge in [-0.25, -0.2) is 4.79 Å². The molecule has 7 nitrogen and oxygen atoms in total. The Bertz CT molecular complexity index is 685. The van der Waals surface area contributed by atoms with Gasteiger partial charge in [-0.05, 0) is 19.1 Å². The topological polar surface area (TPSA) is 90.5 Å². The number of nitrogens with one attached hydrogen (secondary N) is 1. The van der Waals surface area contributed by atoms with Gasteiger partial charge in [-0.15, -0.1) is 0 Å². The maximum absolute atomic E-state index is 11.7. The molecule has 1 aromatic heterocycles. The molecule has 7 heteroatoms. The number of benzene rings is 1. The number of nitrogens with zero attached hydrogens (tertiary/aromatic N) is 1. The number of rotatable bonds is 5. The molecule has 106 valence electrons. The number of fused-ring (bicyclic) bond motifs is 1. The van der Waals surface area contributed by atoms with Gasteiger partial charge in [-0.2, -0.15) is 0 Å². The Balaban J connectivity index is 2.05. The number of esters is 1. The van der Waals surface area contributed by atoms with E-state index in [2.05, 4.69) is 10.1 Å². The summed E-state index contributed by atoms with van der Waals surface area (Å²) in [5, 5.41) is 2.38. The summed E-state index contributed by atoms with van der Waals surface area (Å²) >= 11 is 0. The van der Waals surface area contributed by atoms with Gasteiger partial charge < -0.3 is 14.5 Å². The van der Waals surface area contributed by atoms with E-state index in [0.717, 1.165) is 0 Å². The van der Waals surface area contributed by atoms with Crippen molar-refractivity contribution < 1.29 is 18.7 Å². The van der Waals surface area contributed by atoms with Crippen LogP contribution in [0.25, 0.3) is 11.1 Å². The predicted molar refractivity (Wildman–Crippen MR) is 70.1 cm³/mol. The summed E-state index contributed by atoms with van der Waals surface area (Å²) in [6.07, 6.45) is 0. The first kappa shape index (κ1) is 13.9. The second-order valence-electron chi connectivity index (χ2n) is 4.00. The highest BCUT2D eigenvalue weighted by Crippen LogP contribution is 2.11. The van der Waals surface area contributed by atoms with E-state index < -0.39 is 17.6 Å². The first-order valence-electron chi connectivity index (χ1n) is 6.12. The Hall–Kier alpha value is -2.57. The van der Waals surface area contributed by atoms with Crippen molar-refractivity contribution in [3.63, 3.8) is 0 Å². The fourth-order valence-corrected chi connectivity index (χ4v) is 1.75. The van der Waals surface area contributed by atoms with Gasteiger partial charge in [-0.3, -0.25) is 14.2 Å². The van der Waals surface area contributed by atoms with Gasteiger partial charge in [0.25, 0.3) is 0 Å². The lowest BCUT2D eigenvalue weighted by Crippen LogP contribution is -2.34. The van der Waals surface area contributed by atoms with Crippen molar-refractivity contribution in [3.8, 4) is 0 Å². The summed E-state index contributed by atoms with van der Waals surface area (Å²) in [6.45, 7) is 1.49. The van der Waals surface area contributed by atoms with Crippen LogP contribution in [0.3, 0.4) is 0 Å². The molecule has 2 aromatic rings. The molecule has 0 saturated carbocycles. The number of hydrogen-bond acceptors (Lipinski definition) is 5. The maximum Gasteiger partial charge on any atom is 0.420 e. The quantitative estimate of drug-likeness (QED) is 0.793. The van der Waals surface area contributed by atoms with Crippen LogP contribution in [0.1, 0.15) is 6.92 Å². The second kappa shape index (κ2) is 6.05. The van der Waals surface area contributed by atoms with Crippen molar-refractivity contribution >= 4 is 23.0 Å². The van der Waals surface area contributed by atoms with Crippen LogP contribution in [0, 0.1) is 0 Å². The highest BCUT2D eigenvalue weighted by molar-refractivity contribution is 5.83. The summed E-state index contributed by atoms with van der Waals surface area (Å²) in [5.41, 5.74) is 0.944. The third-order valence-corrected chi connectivity index (χ3v) is 2.61. The molecule has 0 radical (unpaired) electrons. The standard InChI is InChI=1S/C13H14N2O5/c1-2-19-12(17)7-14-11(16)8-15-9-5-3-4-6-10(9)20-13(15)18/h3-6H,2,7-8H2,1H3,(H,14,16). The molecule has 0 unspecified atom stereocenters. The minimum atomic E-state index is -0.613. The summed E-state index contributed by atoms with van der Waals surface area (Å²) < 4.78 is 10.9. The van der Waals surface area contributed by atoms with Crippen molar-refractivity contribution in [2.75, 3.05) is 13.2 Å². The first-order chi connectivity index (χ1) is 9.61. The highest BCUT2D eigenvalue weighted by atomic mass is 16.5. The normalized spacial score (nSPS) is 10.4. The molecular formula is C13H14N2O5. The number of para-hydroxylation sites is 2. The van der Waals surface area contributed by atoms with Crippen molar-refractivity contribution in [3.05, 3.63) is 34.8 Å². The summed E-state index contributed by atoms with van der Waals surface area (Å²) in [5.74, 6) is -1.60. The van der Waals surface area contributed by atoms with E-state index in [1.54, 1.807) is 31.2 Å². The van der Waals surface area contributed by atoms with Gasteiger partial charge >= 0.3 is 11.7 Å². The Labute approximate surface area is 114 Å². The zero-order valence-corrected chi connectivity index (χ0v) is 10.9. The molecule has 1 N–H and O–H groups in total. The monoisotopic (exact) mass is 278 g/mol. The average molecular weight is 278 g/mol. The van der Waals surface area contributed by atoms with E-state index in [4.69, 9.17) is 4.42 Å². The maximum atomic E-state index is 11.7. The average Bonchev–Trinajstić information content (AvgIpc) is 2.73. The molecule has 0 spiro atoms. The number of carbonyl (C=O) groups excluding carboxylic acids is 2. The Kier molecular flexibility index (Phi) is 4.19. The summed E-state index contributed by atoms with van der Waals surface area (Å²) in [4.78, 5) is 34.4. The van der Waals surface area contributed by atoms with Crippen LogP contribution >= 0.6 is 0 Å². The van der Waals surface area contributed by atoms with E-state index in [1.165, 1.54) is 4.57 Å². The van der Waals surface area contributed by atoms with Gasteiger partial charge in [0.1, 0.15) is 13.1 Å². The SMILES string of the molecule is CCOC(=O)CNC(=O)Cn1c(=O)oc2ccccc21. The van der Waals surface area contributed by atoms with E-state index in [0.29, 0.717) is 11.1 Å². The number of ether oxygens (including phenoxy) is 1. The summed E-state index contributed by atoms with van der Waals surface area (Å²) in [6, 6.07) is 6.80. The van der Waals surface area contributed by atoms with Crippen LogP contribution in [0.2, 0.25) is 0 Å². The van der Waals surface area contributed by atoms with Gasteiger partial charge in [0, 0.05) is 0 Å². The van der Waals surface area contributed by atoms with Crippen LogP contribution < -0.4 is 11.1 Å². The molecule has 0 aliphatic carbocycles. The smallest absolute Gasteiger partial charge is 0.420 e. The number of carbonyl (C=O) groups is 2. The third kappa shape index (κ3) is 3.05. The fraction of sp³-hybridized carbons (Fsp3) is 0.308. The molecule has 0 aliphatic rings. The molecule has 0 saturated heterocycles. The zero-order chi connectivity index (χ0) is 14.5. The number of hydrogen-bond donors (Lipinski definition) is 1. The first-order valence-corrected chi connectivity index (χ1v) is 6.12. The molecule has 1 amide bonds. The molecular weight excluding hydrogens is 264 g/mol. The molecule has 0 aliphatic heterocycles. The van der Waals surface area contributed by atoms with Crippen LogP contribution in [-0.2, 0) is 20.9 Å². The van der Waals surface area contributed by atoms with Crippen molar-refractivity contribution in [1.29, 1.82) is 0 Å². The van der Waals surface area contributed by atoms with E-state index in [9.17, 15) is 14.4 Å². The number of aromatic nitrogens is 1. The van der Waals surface area contributed by atoms with Crippen LogP contribution in [0.15, 0.2) is 33.5 Å². The van der Waals surface area contributed by atoms with Crippen LogP contribution in [0.4, 0.5) is 0 Å². The largest absolute Gasteiger partial charge is 0.465 e. The van der Waals surface area contributed by atoms with Gasteiger partial charge in [-0.1, -0.05) is 12.1 Å². The fourth-order valence-electron chi connectivity index (χ4n) is 1.75. The summed E-state index contributed by atoms with van der Waals surface area (Å²) in [7, 11) is 0. The Morgan fingerprint density at radius 3 is 2.85 bits per heavy atom. The molecule has 0 bridgehead atoms. The third-order valence-electron chi connectivity index (χ3n) is 2.61. The predicted octanol–water partition coefficient (Wildman–Crippen LogP) is 0.274. The molecule has 20 heavy (non-hydrogen) atoms. The van der Waals surface area contributed by atoms with Crippen molar-refractivity contribution in [2.45, 2.75) is 13.5 Å².